The third kappa shape index (κ3) is 4.59. The van der Waals surface area contributed by atoms with Crippen LogP contribution in [0.4, 0.5) is 0 Å². The fraction of sp³-hybridized carbons (Fsp3) is 0.763. The van der Waals surface area contributed by atoms with Crippen LogP contribution in [0, 0.1) is 57.2 Å². The lowest BCUT2D eigenvalue weighted by molar-refractivity contribution is -0.217. The average Bonchev–Trinajstić information content (AvgIpc) is 2.94. The number of hydrogen-bond acceptors (Lipinski definition) is 6. The highest BCUT2D eigenvalue weighted by atomic mass is 32.2. The summed E-state index contributed by atoms with van der Waals surface area (Å²) in [5.41, 5.74) is 0.950. The van der Waals surface area contributed by atoms with Crippen LogP contribution in [0.2, 0.25) is 0 Å². The van der Waals surface area contributed by atoms with Crippen molar-refractivity contribution in [3.63, 3.8) is 0 Å². The second-order valence-corrected chi connectivity index (χ2v) is 19.3. The van der Waals surface area contributed by atoms with Crippen LogP contribution in [0.3, 0.4) is 0 Å². The molecule has 4 saturated carbocycles. The predicted octanol–water partition coefficient (Wildman–Crippen LogP) is 8.01. The number of fused-ring (bicyclic) bond motifs is 7. The number of esters is 1. The summed E-state index contributed by atoms with van der Waals surface area (Å²) in [5, 5.41) is 12.1. The van der Waals surface area contributed by atoms with Crippen LogP contribution in [-0.4, -0.2) is 38.8 Å². The first-order valence-corrected chi connectivity index (χ1v) is 18.7. The number of carbonyl (C=O) groups excluding carboxylic acids is 1. The average molecular weight is 641 g/mol. The van der Waals surface area contributed by atoms with Crippen molar-refractivity contribution >= 4 is 16.1 Å². The monoisotopic (exact) mass is 640 g/mol. The summed E-state index contributed by atoms with van der Waals surface area (Å²) in [6, 6.07) is 6.92. The standard InChI is InChI=1S/C38H56O6S/c1-24-10-12-25(13-11-24)45(41,42)44-31-17-18-35(6)28(34(31,4)5)16-19-36(7)29(35)15-14-26-27-22-33(2,3)20-21-38(27,32(40)43-9)30(39)23-37(26,36)8/h10-14,27-31,39H,15-23H2,1-9H3/t27?,28?,29?,30-,31+,35+,36-,37-,38-/m1/s1. The van der Waals surface area contributed by atoms with Gasteiger partial charge in [-0.2, -0.15) is 8.42 Å². The smallest absolute Gasteiger partial charge is 0.315 e. The van der Waals surface area contributed by atoms with Crippen molar-refractivity contribution in [3.05, 3.63) is 41.5 Å². The second kappa shape index (κ2) is 10.4. The van der Waals surface area contributed by atoms with Crippen LogP contribution < -0.4 is 0 Å². The minimum atomic E-state index is -3.88. The Balaban J connectivity index is 1.35. The van der Waals surface area contributed by atoms with Gasteiger partial charge in [0.2, 0.25) is 0 Å². The van der Waals surface area contributed by atoms with E-state index in [1.165, 1.54) is 12.7 Å². The van der Waals surface area contributed by atoms with Gasteiger partial charge in [0.25, 0.3) is 10.1 Å². The van der Waals surface area contributed by atoms with Crippen molar-refractivity contribution in [2.24, 2.45) is 50.2 Å². The first-order valence-electron chi connectivity index (χ1n) is 17.3. The van der Waals surface area contributed by atoms with Gasteiger partial charge in [0, 0.05) is 0 Å². The van der Waals surface area contributed by atoms with Crippen LogP contribution >= 0.6 is 0 Å². The van der Waals surface area contributed by atoms with E-state index in [1.54, 1.807) is 12.1 Å². The first-order chi connectivity index (χ1) is 20.8. The molecule has 0 heterocycles. The molecule has 1 N–H and O–H groups in total. The van der Waals surface area contributed by atoms with E-state index in [9.17, 15) is 18.3 Å². The SMILES string of the molecule is COC(=O)[C@]12CCC(C)(C)CC1C1=CCC3[C@@]4(C)CC[C@H](OS(=O)(=O)c5ccc(C)cc5)C(C)(C)C4CC[C@@]3(C)[C@]1(C)C[C@H]2O. The second-order valence-electron chi connectivity index (χ2n) is 17.7. The Hall–Kier alpha value is -1.70. The van der Waals surface area contributed by atoms with E-state index in [1.807, 2.05) is 19.1 Å². The number of ether oxygens (including phenoxy) is 1. The summed E-state index contributed by atoms with van der Waals surface area (Å²) in [5.74, 6) is 0.395. The largest absolute Gasteiger partial charge is 0.468 e. The van der Waals surface area contributed by atoms with Crippen molar-refractivity contribution < 1.29 is 27.2 Å². The van der Waals surface area contributed by atoms with Crippen LogP contribution in [0.25, 0.3) is 0 Å². The van der Waals surface area contributed by atoms with E-state index >= 15 is 0 Å². The predicted molar refractivity (Wildman–Crippen MR) is 176 cm³/mol. The Bertz CT molecular complexity index is 1490. The highest BCUT2D eigenvalue weighted by molar-refractivity contribution is 7.86. The molecule has 0 amide bonds. The molecule has 0 bridgehead atoms. The number of methoxy groups -OCH3 is 1. The van der Waals surface area contributed by atoms with E-state index in [2.05, 4.69) is 54.5 Å². The van der Waals surface area contributed by atoms with Crippen molar-refractivity contribution in [1.29, 1.82) is 0 Å². The number of aryl methyl sites for hydroxylation is 1. The van der Waals surface area contributed by atoms with Crippen LogP contribution in [0.15, 0.2) is 40.8 Å². The Labute approximate surface area is 271 Å². The summed E-state index contributed by atoms with van der Waals surface area (Å²) in [6.07, 6.45) is 8.87. The van der Waals surface area contributed by atoms with Gasteiger partial charge in [-0.3, -0.25) is 8.98 Å². The maximum Gasteiger partial charge on any atom is 0.315 e. The molecule has 0 aliphatic heterocycles. The van der Waals surface area contributed by atoms with Crippen molar-refractivity contribution in [1.82, 2.24) is 0 Å². The van der Waals surface area contributed by atoms with Gasteiger partial charge in [-0.25, -0.2) is 0 Å². The molecule has 9 atom stereocenters. The minimum Gasteiger partial charge on any atom is -0.468 e. The summed E-state index contributed by atoms with van der Waals surface area (Å²) < 4.78 is 38.4. The molecule has 250 valence electrons. The molecule has 0 aromatic heterocycles. The molecule has 6 nitrogen and oxygen atoms in total. The van der Waals surface area contributed by atoms with E-state index in [-0.39, 0.29) is 43.9 Å². The van der Waals surface area contributed by atoms with E-state index < -0.39 is 27.7 Å². The maximum atomic E-state index is 13.6. The van der Waals surface area contributed by atoms with Gasteiger partial charge >= 0.3 is 5.97 Å². The van der Waals surface area contributed by atoms with Gasteiger partial charge in [-0.1, -0.05) is 77.8 Å². The third-order valence-corrected chi connectivity index (χ3v) is 16.1. The number of aliphatic hydroxyl groups excluding tert-OH is 1. The fourth-order valence-electron chi connectivity index (χ4n) is 12.0. The van der Waals surface area contributed by atoms with Gasteiger partial charge in [-0.15, -0.1) is 0 Å². The molecular weight excluding hydrogens is 584 g/mol. The zero-order chi connectivity index (χ0) is 33.0. The van der Waals surface area contributed by atoms with E-state index in [4.69, 9.17) is 8.92 Å². The number of aliphatic hydroxyl groups is 1. The highest BCUT2D eigenvalue weighted by Gasteiger charge is 2.71. The van der Waals surface area contributed by atoms with Crippen LogP contribution in [-0.2, 0) is 23.8 Å². The topological polar surface area (TPSA) is 89.9 Å². The molecule has 7 heteroatoms. The zero-order valence-corrected chi connectivity index (χ0v) is 29.9. The van der Waals surface area contributed by atoms with E-state index in [0.29, 0.717) is 31.1 Å². The van der Waals surface area contributed by atoms with Crippen molar-refractivity contribution in [3.8, 4) is 0 Å². The molecule has 4 fully saturated rings. The molecule has 6 rings (SSSR count). The Kier molecular flexibility index (Phi) is 7.67. The molecule has 5 aliphatic rings. The highest BCUT2D eigenvalue weighted by Crippen LogP contribution is 2.76. The zero-order valence-electron chi connectivity index (χ0n) is 29.0. The number of allylic oxidation sites excluding steroid dienone is 2. The number of carbonyl (C=O) groups is 1. The lowest BCUT2D eigenvalue weighted by Gasteiger charge is -2.71. The summed E-state index contributed by atoms with van der Waals surface area (Å²) in [4.78, 5) is 13.8. The molecule has 0 saturated heterocycles. The molecule has 1 aromatic rings. The van der Waals surface area contributed by atoms with Crippen LogP contribution in [0.5, 0.6) is 0 Å². The third-order valence-electron chi connectivity index (χ3n) is 14.7. The molecule has 1 aromatic carbocycles. The molecule has 5 aliphatic carbocycles. The summed E-state index contributed by atoms with van der Waals surface area (Å²) in [7, 11) is -2.41. The maximum absolute atomic E-state index is 13.6. The van der Waals surface area contributed by atoms with Crippen molar-refractivity contribution in [2.45, 2.75) is 130 Å². The van der Waals surface area contributed by atoms with Crippen LogP contribution in [0.1, 0.15) is 112 Å². The van der Waals surface area contributed by atoms with Gasteiger partial charge < -0.3 is 9.84 Å². The van der Waals surface area contributed by atoms with Gasteiger partial charge in [-0.05, 0) is 122 Å². The quantitative estimate of drug-likeness (QED) is 0.204. The molecule has 3 unspecified atom stereocenters. The molecule has 0 radical (unpaired) electrons. The number of benzene rings is 1. The molecular formula is C38H56O6S. The fourth-order valence-corrected chi connectivity index (χ4v) is 13.2. The minimum absolute atomic E-state index is 0.0112. The van der Waals surface area contributed by atoms with Gasteiger partial charge in [0.05, 0.1) is 24.2 Å². The van der Waals surface area contributed by atoms with E-state index in [0.717, 1.165) is 44.1 Å². The summed E-state index contributed by atoms with van der Waals surface area (Å²) in [6.45, 7) is 18.3. The Morgan fingerprint density at radius 3 is 2.20 bits per heavy atom. The van der Waals surface area contributed by atoms with Gasteiger partial charge in [0.15, 0.2) is 0 Å². The molecule has 0 spiro atoms. The Morgan fingerprint density at radius 1 is 0.889 bits per heavy atom. The Morgan fingerprint density at radius 2 is 1.56 bits per heavy atom. The lowest BCUT2D eigenvalue weighted by atomic mass is 9.33. The number of rotatable bonds is 4. The first kappa shape index (κ1) is 33.2. The summed E-state index contributed by atoms with van der Waals surface area (Å²) >= 11 is 0. The van der Waals surface area contributed by atoms with Crippen molar-refractivity contribution in [2.75, 3.05) is 7.11 Å². The normalized spacial score (nSPS) is 43.5. The van der Waals surface area contributed by atoms with Gasteiger partial charge in [0.1, 0.15) is 5.41 Å². The molecule has 45 heavy (non-hydrogen) atoms. The lowest BCUT2D eigenvalue weighted by Crippen LogP contribution is -2.67. The number of hydrogen-bond donors (Lipinski definition) is 1.